The van der Waals surface area contributed by atoms with Gasteiger partial charge in [0, 0.05) is 0 Å². The Labute approximate surface area is 122 Å². The maximum Gasteiger partial charge on any atom is 0.435 e. The predicted octanol–water partition coefficient (Wildman–Crippen LogP) is 4.96. The number of halogens is 6. The van der Waals surface area contributed by atoms with Crippen molar-refractivity contribution >= 4 is 11.0 Å². The third kappa shape index (κ3) is 3.15. The van der Waals surface area contributed by atoms with E-state index in [-0.39, 0.29) is 16.4 Å². The highest BCUT2D eigenvalue weighted by Crippen LogP contribution is 2.39. The van der Waals surface area contributed by atoms with E-state index >= 15 is 0 Å². The Kier molecular flexibility index (Phi) is 3.62. The minimum atomic E-state index is -5.23. The van der Waals surface area contributed by atoms with E-state index in [1.54, 1.807) is 0 Å². The molecule has 0 N–H and O–H groups in total. The lowest BCUT2D eigenvalue weighted by Crippen LogP contribution is -2.21. The molecule has 22 heavy (non-hydrogen) atoms. The lowest BCUT2D eigenvalue weighted by Gasteiger charge is -2.20. The van der Waals surface area contributed by atoms with E-state index in [2.05, 4.69) is 9.97 Å². The summed E-state index contributed by atoms with van der Waals surface area (Å²) in [6.45, 7) is 5.49. The summed E-state index contributed by atoms with van der Waals surface area (Å²) in [5, 5.41) is 0. The van der Waals surface area contributed by atoms with Crippen LogP contribution in [0.1, 0.15) is 37.7 Å². The second kappa shape index (κ2) is 4.82. The lowest BCUT2D eigenvalue weighted by atomic mass is 9.87. The first-order valence-electron chi connectivity index (χ1n) is 6.27. The van der Waals surface area contributed by atoms with Crippen LogP contribution in [0.2, 0.25) is 0 Å². The summed E-state index contributed by atoms with van der Waals surface area (Å²) in [4.78, 5) is 6.31. The molecule has 0 amide bonds. The molecule has 0 saturated carbocycles. The third-order valence-electron chi connectivity index (χ3n) is 3.07. The van der Waals surface area contributed by atoms with Crippen molar-refractivity contribution in [1.82, 2.24) is 9.97 Å². The predicted molar refractivity (Wildman–Crippen MR) is 68.2 cm³/mol. The summed E-state index contributed by atoms with van der Waals surface area (Å²) in [5.41, 5.74) is -4.20. The molecule has 1 heterocycles. The molecule has 0 saturated heterocycles. The zero-order valence-electron chi connectivity index (χ0n) is 11.9. The van der Waals surface area contributed by atoms with Crippen molar-refractivity contribution in [2.24, 2.45) is 0 Å². The molecule has 0 bridgehead atoms. The largest absolute Gasteiger partial charge is 0.435 e. The van der Waals surface area contributed by atoms with Crippen LogP contribution in [-0.2, 0) is 17.8 Å². The average molecular weight is 322 g/mol. The fourth-order valence-electron chi connectivity index (χ4n) is 1.92. The quantitative estimate of drug-likeness (QED) is 0.640. The van der Waals surface area contributed by atoms with Gasteiger partial charge in [-0.05, 0) is 23.1 Å². The Hall–Kier alpha value is -1.86. The Morgan fingerprint density at radius 1 is 0.727 bits per heavy atom. The highest BCUT2D eigenvalue weighted by molar-refractivity contribution is 5.76. The molecule has 0 radical (unpaired) electrons. The van der Waals surface area contributed by atoms with Gasteiger partial charge in [0.05, 0.1) is 11.0 Å². The Morgan fingerprint density at radius 3 is 1.59 bits per heavy atom. The molecule has 0 atom stereocenters. The molecular formula is C14H12F6N2. The van der Waals surface area contributed by atoms with Crippen LogP contribution in [0.3, 0.4) is 0 Å². The molecular weight excluding hydrogens is 310 g/mol. The first kappa shape index (κ1) is 16.5. The smallest absolute Gasteiger partial charge is 0.239 e. The number of benzene rings is 1. The fraction of sp³-hybridized carbons (Fsp3) is 0.429. The van der Waals surface area contributed by atoms with Gasteiger partial charge in [-0.2, -0.15) is 26.3 Å². The molecule has 0 aliphatic carbocycles. The van der Waals surface area contributed by atoms with Gasteiger partial charge in [0.15, 0.2) is 11.4 Å². The summed E-state index contributed by atoms with van der Waals surface area (Å²) in [5.74, 6) is 0. The second-order valence-electron chi connectivity index (χ2n) is 5.87. The number of aromatic nitrogens is 2. The van der Waals surface area contributed by atoms with E-state index in [1.165, 1.54) is 18.2 Å². The highest BCUT2D eigenvalue weighted by Gasteiger charge is 2.46. The third-order valence-corrected chi connectivity index (χ3v) is 3.07. The molecule has 0 spiro atoms. The molecule has 2 nitrogen and oxygen atoms in total. The Balaban J connectivity index is 2.79. The summed E-state index contributed by atoms with van der Waals surface area (Å²) in [6.07, 6.45) is -10.5. The zero-order valence-corrected chi connectivity index (χ0v) is 11.9. The molecule has 1 aromatic heterocycles. The number of hydrogen-bond acceptors (Lipinski definition) is 2. The van der Waals surface area contributed by atoms with Crippen LogP contribution in [0.25, 0.3) is 11.0 Å². The average Bonchev–Trinajstić information content (AvgIpc) is 2.33. The maximum atomic E-state index is 12.8. The normalized spacial score (nSPS) is 13.7. The standard InChI is InChI=1S/C14H12F6N2/c1-12(2,3)7-4-5-8-9(6-7)22-11(14(18,19)20)10(21-8)13(15,16)17/h4-6H,1-3H3. The van der Waals surface area contributed by atoms with Crippen molar-refractivity contribution in [2.45, 2.75) is 38.5 Å². The lowest BCUT2D eigenvalue weighted by molar-refractivity contribution is -0.167. The second-order valence-corrected chi connectivity index (χ2v) is 5.87. The minimum absolute atomic E-state index is 0.215. The fourth-order valence-corrected chi connectivity index (χ4v) is 1.92. The number of nitrogens with zero attached hydrogens (tertiary/aromatic N) is 2. The van der Waals surface area contributed by atoms with E-state index in [4.69, 9.17) is 0 Å². The van der Waals surface area contributed by atoms with Gasteiger partial charge in [-0.3, -0.25) is 0 Å². The van der Waals surface area contributed by atoms with Crippen LogP contribution >= 0.6 is 0 Å². The van der Waals surface area contributed by atoms with Crippen molar-refractivity contribution < 1.29 is 26.3 Å². The maximum absolute atomic E-state index is 12.8. The van der Waals surface area contributed by atoms with Gasteiger partial charge in [0.2, 0.25) is 0 Å². The number of fused-ring (bicyclic) bond motifs is 1. The first-order chi connectivity index (χ1) is 9.80. The molecule has 0 unspecified atom stereocenters. The van der Waals surface area contributed by atoms with E-state index in [0.717, 1.165) is 0 Å². The number of alkyl halides is 6. The van der Waals surface area contributed by atoms with Crippen LogP contribution in [0, 0.1) is 0 Å². The monoisotopic (exact) mass is 322 g/mol. The van der Waals surface area contributed by atoms with Crippen molar-refractivity contribution in [3.63, 3.8) is 0 Å². The van der Waals surface area contributed by atoms with Gasteiger partial charge in [-0.25, -0.2) is 9.97 Å². The number of hydrogen-bond donors (Lipinski definition) is 0. The van der Waals surface area contributed by atoms with E-state index in [1.807, 2.05) is 20.8 Å². The Bertz CT molecular complexity index is 710. The molecule has 1 aromatic carbocycles. The number of rotatable bonds is 0. The van der Waals surface area contributed by atoms with Gasteiger partial charge in [-0.15, -0.1) is 0 Å². The van der Waals surface area contributed by atoms with Crippen molar-refractivity contribution in [1.29, 1.82) is 0 Å². The highest BCUT2D eigenvalue weighted by atomic mass is 19.4. The van der Waals surface area contributed by atoms with Gasteiger partial charge < -0.3 is 0 Å². The van der Waals surface area contributed by atoms with Crippen molar-refractivity contribution in [2.75, 3.05) is 0 Å². The van der Waals surface area contributed by atoms with Crippen molar-refractivity contribution in [3.05, 3.63) is 35.2 Å². The summed E-state index contributed by atoms with van der Waals surface area (Å²) in [7, 11) is 0. The molecule has 0 aliphatic heterocycles. The topological polar surface area (TPSA) is 25.8 Å². The van der Waals surface area contributed by atoms with E-state index in [9.17, 15) is 26.3 Å². The molecule has 0 fully saturated rings. The summed E-state index contributed by atoms with van der Waals surface area (Å²) >= 11 is 0. The SMILES string of the molecule is CC(C)(C)c1ccc2nc(C(F)(F)F)c(C(F)(F)F)nc2c1. The summed E-state index contributed by atoms with van der Waals surface area (Å²) in [6, 6.07) is 4.11. The van der Waals surface area contributed by atoms with Crippen LogP contribution in [0.5, 0.6) is 0 Å². The molecule has 120 valence electrons. The summed E-state index contributed by atoms with van der Waals surface area (Å²) < 4.78 is 76.8. The van der Waals surface area contributed by atoms with Gasteiger partial charge in [-0.1, -0.05) is 26.8 Å². The Morgan fingerprint density at radius 2 is 1.18 bits per heavy atom. The van der Waals surface area contributed by atoms with Gasteiger partial charge in [0.25, 0.3) is 0 Å². The molecule has 0 aliphatic rings. The molecule has 2 aromatic rings. The molecule has 2 rings (SSSR count). The molecule has 8 heteroatoms. The van der Waals surface area contributed by atoms with E-state index < -0.39 is 23.7 Å². The van der Waals surface area contributed by atoms with Gasteiger partial charge in [0.1, 0.15) is 0 Å². The van der Waals surface area contributed by atoms with E-state index in [0.29, 0.717) is 5.56 Å². The van der Waals surface area contributed by atoms with Crippen LogP contribution in [0.4, 0.5) is 26.3 Å². The van der Waals surface area contributed by atoms with Crippen LogP contribution < -0.4 is 0 Å². The first-order valence-corrected chi connectivity index (χ1v) is 6.27. The zero-order chi connectivity index (χ0) is 16.9. The van der Waals surface area contributed by atoms with Crippen LogP contribution in [-0.4, -0.2) is 9.97 Å². The van der Waals surface area contributed by atoms with Crippen molar-refractivity contribution in [3.8, 4) is 0 Å². The van der Waals surface area contributed by atoms with Gasteiger partial charge >= 0.3 is 12.4 Å². The van der Waals surface area contributed by atoms with Crippen LogP contribution in [0.15, 0.2) is 18.2 Å². The minimum Gasteiger partial charge on any atom is -0.239 e.